The minimum Gasteiger partial charge on any atom is -0.462 e. The van der Waals surface area contributed by atoms with E-state index < -0.39 is 33.9 Å². The van der Waals surface area contributed by atoms with Crippen LogP contribution in [-0.2, 0) is 24.3 Å². The molecule has 0 aromatic carbocycles. The van der Waals surface area contributed by atoms with Gasteiger partial charge in [-0.1, -0.05) is 12.5 Å². The summed E-state index contributed by atoms with van der Waals surface area (Å²) in [6, 6.07) is 2.22. The Morgan fingerprint density at radius 3 is 2.48 bits per heavy atom. The highest BCUT2D eigenvalue weighted by Crippen LogP contribution is 2.35. The van der Waals surface area contributed by atoms with E-state index in [9.17, 15) is 22.8 Å². The minimum absolute atomic E-state index is 0.0710. The third-order valence-electron chi connectivity index (χ3n) is 5.14. The molecule has 12 heteroatoms. The SMILES string of the molecule is CCOC(=O)c1sc(NC(=O)C2CCCCN2S(=O)(=O)c2cccs2)c(C(=O)OCC)c1C. The molecule has 2 aromatic heterocycles. The van der Waals surface area contributed by atoms with E-state index in [-0.39, 0.29) is 39.4 Å². The number of piperidine rings is 1. The summed E-state index contributed by atoms with van der Waals surface area (Å²) in [5.74, 6) is -1.84. The Labute approximate surface area is 200 Å². The van der Waals surface area contributed by atoms with Crippen molar-refractivity contribution in [2.45, 2.75) is 50.3 Å². The van der Waals surface area contributed by atoms with Gasteiger partial charge in [0.2, 0.25) is 5.91 Å². The van der Waals surface area contributed by atoms with Crippen LogP contribution in [0, 0.1) is 6.92 Å². The van der Waals surface area contributed by atoms with Gasteiger partial charge in [0.1, 0.15) is 20.1 Å². The molecule has 0 bridgehead atoms. The zero-order valence-corrected chi connectivity index (χ0v) is 21.0. The molecule has 1 aliphatic heterocycles. The van der Waals surface area contributed by atoms with E-state index in [4.69, 9.17) is 9.47 Å². The molecule has 2 aromatic rings. The lowest BCUT2D eigenvalue weighted by Gasteiger charge is -2.33. The molecule has 3 rings (SSSR count). The smallest absolute Gasteiger partial charge is 0.348 e. The summed E-state index contributed by atoms with van der Waals surface area (Å²) in [7, 11) is -3.84. The summed E-state index contributed by atoms with van der Waals surface area (Å²) >= 11 is 2.01. The van der Waals surface area contributed by atoms with E-state index in [2.05, 4.69) is 5.32 Å². The van der Waals surface area contributed by atoms with Gasteiger partial charge in [-0.05, 0) is 50.6 Å². The Kier molecular flexibility index (Phi) is 8.27. The molecular formula is C21H26N2O7S3. The van der Waals surface area contributed by atoms with Crippen LogP contribution in [0.3, 0.4) is 0 Å². The van der Waals surface area contributed by atoms with Crippen molar-refractivity contribution in [3.8, 4) is 0 Å². The molecule has 180 valence electrons. The highest BCUT2D eigenvalue weighted by atomic mass is 32.2. The first kappa shape index (κ1) is 25.3. The maximum Gasteiger partial charge on any atom is 0.348 e. The van der Waals surface area contributed by atoms with Crippen LogP contribution in [0.4, 0.5) is 5.00 Å². The maximum absolute atomic E-state index is 13.3. The number of amides is 1. The number of thiophene rings is 2. The van der Waals surface area contributed by atoms with E-state index in [0.717, 1.165) is 22.7 Å². The number of esters is 2. The topological polar surface area (TPSA) is 119 Å². The van der Waals surface area contributed by atoms with Crippen molar-refractivity contribution in [3.63, 3.8) is 0 Å². The van der Waals surface area contributed by atoms with Crippen molar-refractivity contribution in [1.29, 1.82) is 0 Å². The number of rotatable bonds is 8. The Morgan fingerprint density at radius 1 is 1.15 bits per heavy atom. The predicted octanol–water partition coefficient (Wildman–Crippen LogP) is 3.65. The standard InChI is InChI=1S/C21H26N2O7S3/c1-4-29-20(25)16-13(3)17(21(26)30-5-2)32-19(16)22-18(24)14-9-6-7-11-23(14)33(27,28)15-10-8-12-31-15/h8,10,12,14H,4-7,9,11H2,1-3H3,(H,22,24). The number of carbonyl (C=O) groups excluding carboxylic acids is 3. The fraction of sp³-hybridized carbons (Fsp3) is 0.476. The number of nitrogens with zero attached hydrogens (tertiary/aromatic N) is 1. The van der Waals surface area contributed by atoms with Gasteiger partial charge >= 0.3 is 11.9 Å². The lowest BCUT2D eigenvalue weighted by Crippen LogP contribution is -2.49. The lowest BCUT2D eigenvalue weighted by atomic mass is 10.0. The molecule has 0 radical (unpaired) electrons. The van der Waals surface area contributed by atoms with Gasteiger partial charge in [-0.2, -0.15) is 4.31 Å². The van der Waals surface area contributed by atoms with E-state index in [1.165, 1.54) is 10.4 Å². The molecule has 0 aliphatic carbocycles. The molecule has 9 nitrogen and oxygen atoms in total. The maximum atomic E-state index is 13.3. The van der Waals surface area contributed by atoms with Gasteiger partial charge in [0.15, 0.2) is 0 Å². The van der Waals surface area contributed by atoms with Gasteiger partial charge in [0.25, 0.3) is 10.0 Å². The molecule has 1 fully saturated rings. The molecule has 1 atom stereocenters. The molecule has 0 spiro atoms. The van der Waals surface area contributed by atoms with Crippen molar-refractivity contribution in [1.82, 2.24) is 4.31 Å². The van der Waals surface area contributed by atoms with Crippen LogP contribution in [0.25, 0.3) is 0 Å². The zero-order chi connectivity index (χ0) is 24.2. The zero-order valence-electron chi connectivity index (χ0n) is 18.6. The number of sulfonamides is 1. The van der Waals surface area contributed by atoms with Crippen molar-refractivity contribution in [2.24, 2.45) is 0 Å². The molecule has 3 heterocycles. The largest absolute Gasteiger partial charge is 0.462 e. The summed E-state index contributed by atoms with van der Waals surface area (Å²) in [5, 5.41) is 4.50. The quantitative estimate of drug-likeness (QED) is 0.534. The second-order valence-corrected chi connectivity index (χ2v) is 11.3. The van der Waals surface area contributed by atoms with Gasteiger partial charge in [-0.25, -0.2) is 18.0 Å². The van der Waals surface area contributed by atoms with E-state index in [1.54, 1.807) is 32.2 Å². The fourth-order valence-corrected chi connectivity index (χ4v) is 7.49. The molecule has 1 saturated heterocycles. The van der Waals surface area contributed by atoms with Crippen molar-refractivity contribution in [3.05, 3.63) is 33.5 Å². The van der Waals surface area contributed by atoms with E-state index >= 15 is 0 Å². The van der Waals surface area contributed by atoms with Gasteiger partial charge < -0.3 is 14.8 Å². The van der Waals surface area contributed by atoms with Crippen molar-refractivity contribution in [2.75, 3.05) is 25.1 Å². The van der Waals surface area contributed by atoms with E-state index in [1.807, 2.05) is 0 Å². The number of carbonyl (C=O) groups is 3. The summed E-state index contributed by atoms with van der Waals surface area (Å²) in [4.78, 5) is 38.4. The molecule has 1 N–H and O–H groups in total. The fourth-order valence-electron chi connectivity index (χ4n) is 3.62. The lowest BCUT2D eigenvalue weighted by molar-refractivity contribution is -0.120. The molecule has 1 amide bonds. The van der Waals surface area contributed by atoms with Crippen LogP contribution >= 0.6 is 22.7 Å². The minimum atomic E-state index is -3.84. The molecule has 1 unspecified atom stereocenters. The molecule has 1 aliphatic rings. The van der Waals surface area contributed by atoms with Crippen molar-refractivity contribution < 1.29 is 32.3 Å². The average Bonchev–Trinajstić information content (AvgIpc) is 3.43. The van der Waals surface area contributed by atoms with Gasteiger partial charge in [-0.15, -0.1) is 22.7 Å². The molecule has 0 saturated carbocycles. The number of hydrogen-bond donors (Lipinski definition) is 1. The van der Waals surface area contributed by atoms with Crippen LogP contribution in [-0.4, -0.2) is 56.4 Å². The third kappa shape index (κ3) is 5.29. The summed E-state index contributed by atoms with van der Waals surface area (Å²) < 4.78 is 37.8. The second-order valence-electron chi connectivity index (χ2n) is 7.25. The Balaban J connectivity index is 1.94. The van der Waals surface area contributed by atoms with Gasteiger partial charge in [0, 0.05) is 6.54 Å². The highest BCUT2D eigenvalue weighted by molar-refractivity contribution is 7.91. The summed E-state index contributed by atoms with van der Waals surface area (Å²) in [6.45, 7) is 5.40. The second kappa shape index (κ2) is 10.8. The van der Waals surface area contributed by atoms with Crippen LogP contribution in [0.5, 0.6) is 0 Å². The number of ether oxygens (including phenoxy) is 2. The Hall–Kier alpha value is -2.28. The first-order chi connectivity index (χ1) is 15.7. The first-order valence-electron chi connectivity index (χ1n) is 10.6. The Bertz CT molecular complexity index is 1120. The number of anilines is 1. The predicted molar refractivity (Wildman–Crippen MR) is 125 cm³/mol. The highest BCUT2D eigenvalue weighted by Gasteiger charge is 2.39. The van der Waals surface area contributed by atoms with Crippen LogP contribution in [0.2, 0.25) is 0 Å². The number of nitrogens with one attached hydrogen (secondary N) is 1. The summed E-state index contributed by atoms with van der Waals surface area (Å²) in [5.41, 5.74) is 0.417. The molecule has 33 heavy (non-hydrogen) atoms. The van der Waals surface area contributed by atoms with Crippen LogP contribution < -0.4 is 5.32 Å². The van der Waals surface area contributed by atoms with Crippen LogP contribution in [0.1, 0.15) is 58.7 Å². The van der Waals surface area contributed by atoms with Gasteiger partial charge in [0.05, 0.1) is 18.8 Å². The van der Waals surface area contributed by atoms with Gasteiger partial charge in [-0.3, -0.25) is 4.79 Å². The number of hydrogen-bond acceptors (Lipinski definition) is 9. The first-order valence-corrected chi connectivity index (χ1v) is 13.7. The average molecular weight is 515 g/mol. The van der Waals surface area contributed by atoms with E-state index in [0.29, 0.717) is 24.8 Å². The van der Waals surface area contributed by atoms with Crippen molar-refractivity contribution >= 4 is 55.5 Å². The Morgan fingerprint density at radius 2 is 1.85 bits per heavy atom. The third-order valence-corrected chi connectivity index (χ3v) is 9.61. The summed E-state index contributed by atoms with van der Waals surface area (Å²) in [6.07, 6.45) is 1.69. The molecular weight excluding hydrogens is 488 g/mol. The van der Waals surface area contributed by atoms with Crippen LogP contribution in [0.15, 0.2) is 21.7 Å². The normalized spacial score (nSPS) is 16.9. The monoisotopic (exact) mass is 514 g/mol.